The van der Waals surface area contributed by atoms with Gasteiger partial charge in [-0.2, -0.15) is 9.29 Å². The Balaban J connectivity index is 1.97. The average Bonchev–Trinajstić information content (AvgIpc) is 2.82. The minimum Gasteiger partial charge on any atom is -0.388 e. The number of nitrogen functional groups attached to an aromatic ring is 1. The smallest absolute Gasteiger partial charge is 0.388 e. The molecule has 2 unspecified atom stereocenters. The Morgan fingerprint density at radius 2 is 1.96 bits per heavy atom. The van der Waals surface area contributed by atoms with Gasteiger partial charge in [0.15, 0.2) is 6.23 Å². The van der Waals surface area contributed by atoms with E-state index in [1.54, 1.807) is 0 Å². The summed E-state index contributed by atoms with van der Waals surface area (Å²) < 4.78 is 41.1. The molecule has 1 aliphatic rings. The summed E-state index contributed by atoms with van der Waals surface area (Å²) in [7, 11) is -12.5. The van der Waals surface area contributed by atoms with Crippen molar-refractivity contribution in [3.8, 4) is 0 Å². The topological polar surface area (TPSA) is 233 Å². The quantitative estimate of drug-likeness (QED) is 0.257. The molecular weight excluding hydrogens is 466 g/mol. The summed E-state index contributed by atoms with van der Waals surface area (Å²) >= 11 is 0. The van der Waals surface area contributed by atoms with Crippen LogP contribution in [0.25, 0.3) is 0 Å². The summed E-state index contributed by atoms with van der Waals surface area (Å²) in [6.07, 6.45) is -1.96. The van der Waals surface area contributed by atoms with Gasteiger partial charge in [-0.25, -0.2) is 18.2 Å². The molecule has 15 nitrogen and oxygen atoms in total. The second-order valence-corrected chi connectivity index (χ2v) is 11.7. The standard InChI is InChI=1S/C9H17N3O12P4/c10-7-1-2-12(9(14)11-7)8-6(13)3-5(22-8)4-21-28(20,25)24-27(18,19)23-26(15,16)17/h1-2,5-6,8,13,20,25H,3-4H2,(H,18,19)(H2,10,11,14)(H2,15,16,17)/t5-,6+,8+,28?/m0/s1. The van der Waals surface area contributed by atoms with E-state index in [-0.39, 0.29) is 12.2 Å². The van der Waals surface area contributed by atoms with Crippen molar-refractivity contribution in [1.29, 1.82) is 0 Å². The lowest BCUT2D eigenvalue weighted by molar-refractivity contribution is -0.0510. The van der Waals surface area contributed by atoms with E-state index in [1.807, 2.05) is 0 Å². The Hall–Kier alpha value is -0.490. The highest BCUT2D eigenvalue weighted by molar-refractivity contribution is 7.91. The molecule has 0 aliphatic carbocycles. The maximum Gasteiger partial charge on any atom is 0.488 e. The van der Waals surface area contributed by atoms with Gasteiger partial charge in [-0.05, 0) is 14.6 Å². The molecule has 0 spiro atoms. The lowest BCUT2D eigenvalue weighted by Gasteiger charge is -2.22. The molecule has 28 heavy (non-hydrogen) atoms. The molecular formula is C9H17N3O12P4. The van der Waals surface area contributed by atoms with Crippen LogP contribution >= 0.6 is 31.4 Å². The highest BCUT2D eigenvalue weighted by Crippen LogP contribution is 2.68. The molecule has 0 radical (unpaired) electrons. The van der Waals surface area contributed by atoms with Gasteiger partial charge < -0.3 is 39.7 Å². The molecule has 19 heteroatoms. The van der Waals surface area contributed by atoms with E-state index in [1.165, 1.54) is 12.3 Å². The molecule has 5 atom stereocenters. The predicted octanol–water partition coefficient (Wildman–Crippen LogP) is -0.471. The minimum atomic E-state index is -5.39. The summed E-state index contributed by atoms with van der Waals surface area (Å²) in [5.74, 6) is -0.0226. The number of ether oxygens (including phenoxy) is 1. The number of nitrogens with zero attached hydrogens (tertiary/aromatic N) is 2. The molecule has 1 aromatic rings. The van der Waals surface area contributed by atoms with E-state index in [0.717, 1.165) is 4.57 Å². The molecule has 0 aromatic carbocycles. The number of anilines is 1. The fraction of sp³-hybridized carbons (Fsp3) is 0.556. The first-order chi connectivity index (χ1) is 12.7. The second kappa shape index (κ2) is 8.71. The third-order valence-electron chi connectivity index (χ3n) is 3.15. The van der Waals surface area contributed by atoms with E-state index < -0.39 is 53.6 Å². The van der Waals surface area contributed by atoms with Crippen molar-refractivity contribution >= 4 is 37.2 Å². The van der Waals surface area contributed by atoms with E-state index in [9.17, 15) is 28.8 Å². The van der Waals surface area contributed by atoms with Gasteiger partial charge in [0.2, 0.25) is 0 Å². The highest BCUT2D eigenvalue weighted by atomic mass is 31.8. The zero-order valence-electron chi connectivity index (χ0n) is 13.7. The van der Waals surface area contributed by atoms with Crippen LogP contribution in [0.3, 0.4) is 0 Å². The van der Waals surface area contributed by atoms with Gasteiger partial charge in [-0.1, -0.05) is 0 Å². The minimum absolute atomic E-state index is 0.0226. The molecule has 0 amide bonds. The van der Waals surface area contributed by atoms with Gasteiger partial charge in [0, 0.05) is 12.6 Å². The van der Waals surface area contributed by atoms with Crippen molar-refractivity contribution in [1.82, 2.24) is 9.55 Å². The first kappa shape index (κ1) is 23.8. The number of aliphatic hydroxyl groups is 1. The third-order valence-corrected chi connectivity index (χ3v) is 8.16. The van der Waals surface area contributed by atoms with Gasteiger partial charge >= 0.3 is 21.3 Å². The Kier molecular flexibility index (Phi) is 7.40. The Labute approximate surface area is 159 Å². The van der Waals surface area contributed by atoms with Gasteiger partial charge in [0.25, 0.3) is 7.23 Å². The molecule has 1 aromatic heterocycles. The van der Waals surface area contributed by atoms with Gasteiger partial charge in [-0.3, -0.25) is 4.57 Å². The van der Waals surface area contributed by atoms with Crippen LogP contribution in [0, 0.1) is 0 Å². The monoisotopic (exact) mass is 483 g/mol. The number of hydrogen-bond acceptors (Lipinski definition) is 10. The molecule has 1 fully saturated rings. The van der Waals surface area contributed by atoms with Crippen molar-refractivity contribution < 1.29 is 51.7 Å². The van der Waals surface area contributed by atoms with Gasteiger partial charge in [0.1, 0.15) is 11.9 Å². The summed E-state index contributed by atoms with van der Waals surface area (Å²) in [6.45, 7) is -0.492. The molecule has 2 heterocycles. The number of rotatable bonds is 8. The van der Waals surface area contributed by atoms with Crippen LogP contribution in [0.15, 0.2) is 17.1 Å². The van der Waals surface area contributed by atoms with Crippen molar-refractivity contribution in [2.45, 2.75) is 24.9 Å². The molecule has 160 valence electrons. The molecule has 7 N–H and O–H groups in total. The predicted molar refractivity (Wildman–Crippen MR) is 94.9 cm³/mol. The van der Waals surface area contributed by atoms with Crippen molar-refractivity contribution in [3.63, 3.8) is 0 Å². The van der Waals surface area contributed by atoms with E-state index in [4.69, 9.17) is 24.8 Å². The highest BCUT2D eigenvalue weighted by Gasteiger charge is 2.40. The molecule has 0 bridgehead atoms. The van der Waals surface area contributed by atoms with E-state index >= 15 is 0 Å². The Bertz CT molecular complexity index is 916. The lowest BCUT2D eigenvalue weighted by atomic mass is 10.2. The largest absolute Gasteiger partial charge is 0.488 e. The Morgan fingerprint density at radius 1 is 1.32 bits per heavy atom. The number of aliphatic hydroxyl groups excluding tert-OH is 1. The molecule has 0 saturated carbocycles. The Morgan fingerprint density at radius 3 is 2.54 bits per heavy atom. The summed E-state index contributed by atoms with van der Waals surface area (Å²) in [5.41, 5.74) is 4.61. The average molecular weight is 483 g/mol. The fourth-order valence-electron chi connectivity index (χ4n) is 2.20. The van der Waals surface area contributed by atoms with Crippen LogP contribution in [-0.4, -0.2) is 53.0 Å². The summed E-state index contributed by atoms with van der Waals surface area (Å²) in [4.78, 5) is 51.4. The SMILES string of the molecule is Nc1ccn([C@@H]2O[C@H](COP(O)(=P)OP(=O)(O)OP(=O)(O)O)C[C@H]2O)c(=O)n1. The van der Waals surface area contributed by atoms with Crippen LogP contribution in [0.2, 0.25) is 0 Å². The number of hydrogen-bond donors (Lipinski definition) is 6. The maximum absolute atomic E-state index is 11.8. The normalized spacial score (nSPS) is 27.2. The first-order valence-electron chi connectivity index (χ1n) is 7.18. The van der Waals surface area contributed by atoms with E-state index in [0.29, 0.717) is 0 Å². The zero-order chi connectivity index (χ0) is 21.3. The number of nitrogens with two attached hydrogens (primary N) is 1. The number of aromatic nitrogens is 2. The van der Waals surface area contributed by atoms with Crippen LogP contribution in [0.5, 0.6) is 0 Å². The fourth-order valence-corrected chi connectivity index (χ4v) is 6.49. The molecule has 1 saturated heterocycles. The van der Waals surface area contributed by atoms with Crippen LogP contribution in [0.1, 0.15) is 12.6 Å². The van der Waals surface area contributed by atoms with Crippen molar-refractivity contribution in [2.24, 2.45) is 0 Å². The summed E-state index contributed by atoms with van der Waals surface area (Å²) in [6, 6.07) is 1.32. The maximum atomic E-state index is 11.8. The van der Waals surface area contributed by atoms with E-state index in [2.05, 4.69) is 22.1 Å². The zero-order valence-corrected chi connectivity index (χ0v) is 17.4. The van der Waals surface area contributed by atoms with Crippen LogP contribution < -0.4 is 11.4 Å². The number of phosphoric acid groups is 2. The van der Waals surface area contributed by atoms with Crippen LogP contribution in [-0.2, 0) is 27.0 Å². The second-order valence-electron chi connectivity index (χ2n) is 5.43. The molecule has 2 rings (SSSR count). The van der Waals surface area contributed by atoms with Gasteiger partial charge in [0.05, 0.1) is 12.7 Å². The van der Waals surface area contributed by atoms with Gasteiger partial charge in [-0.15, -0.1) is 0 Å². The lowest BCUT2D eigenvalue weighted by Crippen LogP contribution is -2.31. The van der Waals surface area contributed by atoms with Crippen molar-refractivity contribution in [2.75, 3.05) is 12.3 Å². The van der Waals surface area contributed by atoms with Crippen LogP contribution in [0.4, 0.5) is 5.82 Å². The first-order valence-corrected chi connectivity index (χ1v) is 13.1. The summed E-state index contributed by atoms with van der Waals surface area (Å²) in [5, 5.41) is 10.1. The van der Waals surface area contributed by atoms with Crippen molar-refractivity contribution in [3.05, 3.63) is 22.7 Å². The molecule has 1 aliphatic heterocycles. The third kappa shape index (κ3) is 7.08.